The second-order valence-corrected chi connectivity index (χ2v) is 6.25. The maximum absolute atomic E-state index is 5.37. The molecular formula is C15H30N4O. The van der Waals surface area contributed by atoms with Crippen LogP contribution >= 0.6 is 0 Å². The smallest absolute Gasteiger partial charge is 0.202 e. The molecule has 20 heavy (non-hydrogen) atoms. The zero-order valence-corrected chi connectivity index (χ0v) is 13.6. The molecule has 0 aliphatic heterocycles. The lowest BCUT2D eigenvalue weighted by molar-refractivity contribution is 0.142. The Balaban J connectivity index is 2.42. The van der Waals surface area contributed by atoms with Crippen molar-refractivity contribution in [2.24, 2.45) is 5.41 Å². The molecule has 1 aromatic rings. The first-order valence-electron chi connectivity index (χ1n) is 7.42. The number of aromatic nitrogens is 2. The van der Waals surface area contributed by atoms with Crippen LogP contribution in [0.2, 0.25) is 0 Å². The van der Waals surface area contributed by atoms with Gasteiger partial charge in [-0.3, -0.25) is 0 Å². The molecule has 0 bridgehead atoms. The van der Waals surface area contributed by atoms with Crippen LogP contribution in [0, 0.1) is 5.41 Å². The highest BCUT2D eigenvalue weighted by atomic mass is 16.5. The largest absolute Gasteiger partial charge is 0.382 e. The quantitative estimate of drug-likeness (QED) is 0.669. The van der Waals surface area contributed by atoms with Gasteiger partial charge in [-0.25, -0.2) is 4.98 Å². The highest BCUT2D eigenvalue weighted by Crippen LogP contribution is 2.17. The van der Waals surface area contributed by atoms with Crippen molar-refractivity contribution in [2.75, 3.05) is 45.7 Å². The summed E-state index contributed by atoms with van der Waals surface area (Å²) < 4.78 is 7.53. The maximum Gasteiger partial charge on any atom is 0.202 e. The van der Waals surface area contributed by atoms with Crippen molar-refractivity contribution in [3.05, 3.63) is 12.4 Å². The topological polar surface area (TPSA) is 42.3 Å². The minimum Gasteiger partial charge on any atom is -0.382 e. The second-order valence-electron chi connectivity index (χ2n) is 6.25. The van der Waals surface area contributed by atoms with Crippen molar-refractivity contribution in [2.45, 2.75) is 33.7 Å². The van der Waals surface area contributed by atoms with E-state index in [2.05, 4.69) is 47.7 Å². The molecule has 0 fully saturated rings. The summed E-state index contributed by atoms with van der Waals surface area (Å²) in [5.41, 5.74) is 0.214. The maximum atomic E-state index is 5.37. The number of nitrogens with one attached hydrogen (secondary N) is 1. The van der Waals surface area contributed by atoms with E-state index in [9.17, 15) is 0 Å². The van der Waals surface area contributed by atoms with Crippen molar-refractivity contribution in [3.8, 4) is 0 Å². The van der Waals surface area contributed by atoms with E-state index in [1.165, 1.54) is 0 Å². The van der Waals surface area contributed by atoms with E-state index in [0.29, 0.717) is 0 Å². The first-order valence-corrected chi connectivity index (χ1v) is 7.42. The summed E-state index contributed by atoms with van der Waals surface area (Å²) >= 11 is 0. The van der Waals surface area contributed by atoms with E-state index in [-0.39, 0.29) is 5.41 Å². The van der Waals surface area contributed by atoms with Gasteiger partial charge >= 0.3 is 0 Å². The minimum absolute atomic E-state index is 0.214. The summed E-state index contributed by atoms with van der Waals surface area (Å²) in [5.74, 6) is 0.952. The number of ether oxygens (including phenoxy) is 1. The number of nitrogens with zero attached hydrogens (tertiary/aromatic N) is 3. The average molecular weight is 282 g/mol. The first kappa shape index (κ1) is 17.0. The zero-order chi connectivity index (χ0) is 15.0. The van der Waals surface area contributed by atoms with Crippen LogP contribution in [-0.4, -0.2) is 54.8 Å². The second kappa shape index (κ2) is 8.27. The van der Waals surface area contributed by atoms with Crippen molar-refractivity contribution in [1.82, 2.24) is 14.5 Å². The summed E-state index contributed by atoms with van der Waals surface area (Å²) in [6.45, 7) is 11.0. The van der Waals surface area contributed by atoms with Crippen LogP contribution in [-0.2, 0) is 11.3 Å². The van der Waals surface area contributed by atoms with Gasteiger partial charge in [0.1, 0.15) is 0 Å². The number of hydrogen-bond acceptors (Lipinski definition) is 4. The van der Waals surface area contributed by atoms with Gasteiger partial charge in [0.15, 0.2) is 0 Å². The van der Waals surface area contributed by atoms with Crippen molar-refractivity contribution < 1.29 is 4.74 Å². The molecule has 116 valence electrons. The van der Waals surface area contributed by atoms with E-state index in [1.807, 2.05) is 19.3 Å². The van der Waals surface area contributed by atoms with Gasteiger partial charge in [-0.15, -0.1) is 0 Å². The Morgan fingerprint density at radius 2 is 2.15 bits per heavy atom. The van der Waals surface area contributed by atoms with Gasteiger partial charge in [0.2, 0.25) is 5.95 Å². The summed E-state index contributed by atoms with van der Waals surface area (Å²) in [7, 11) is 4.22. The van der Waals surface area contributed by atoms with Gasteiger partial charge in [-0.05, 0) is 32.9 Å². The standard InChI is InChI=1S/C15H30N4O/c1-6-20-11-7-9-19-10-8-16-14(19)17-12-15(2,3)13-18(4)5/h8,10H,6-7,9,11-13H2,1-5H3,(H,16,17). The molecular weight excluding hydrogens is 252 g/mol. The lowest BCUT2D eigenvalue weighted by atomic mass is 9.93. The fourth-order valence-electron chi connectivity index (χ4n) is 2.37. The van der Waals surface area contributed by atoms with Crippen LogP contribution in [0.4, 0.5) is 5.95 Å². The van der Waals surface area contributed by atoms with Crippen molar-refractivity contribution >= 4 is 5.95 Å². The molecule has 0 saturated heterocycles. The van der Waals surface area contributed by atoms with Crippen LogP contribution in [0.25, 0.3) is 0 Å². The number of anilines is 1. The van der Waals surface area contributed by atoms with Gasteiger partial charge in [0.25, 0.3) is 0 Å². The number of hydrogen-bond donors (Lipinski definition) is 1. The Hall–Kier alpha value is -1.07. The van der Waals surface area contributed by atoms with Crippen molar-refractivity contribution in [1.29, 1.82) is 0 Å². The Labute approximate surface area is 123 Å². The molecule has 1 heterocycles. The number of rotatable bonds is 10. The molecule has 0 atom stereocenters. The summed E-state index contributed by atoms with van der Waals surface area (Å²) in [6, 6.07) is 0. The summed E-state index contributed by atoms with van der Waals surface area (Å²) in [4.78, 5) is 6.61. The van der Waals surface area contributed by atoms with E-state index < -0.39 is 0 Å². The van der Waals surface area contributed by atoms with Gasteiger partial charge in [-0.1, -0.05) is 13.8 Å². The van der Waals surface area contributed by atoms with Crippen LogP contribution in [0.1, 0.15) is 27.2 Å². The van der Waals surface area contributed by atoms with E-state index in [0.717, 1.165) is 45.2 Å². The molecule has 1 aromatic heterocycles. The third kappa shape index (κ3) is 6.39. The highest BCUT2D eigenvalue weighted by molar-refractivity contribution is 5.26. The normalized spacial score (nSPS) is 12.1. The Morgan fingerprint density at radius 3 is 2.80 bits per heavy atom. The lowest BCUT2D eigenvalue weighted by Gasteiger charge is -2.28. The molecule has 0 amide bonds. The fourth-order valence-corrected chi connectivity index (χ4v) is 2.37. The van der Waals surface area contributed by atoms with Gasteiger partial charge in [0.05, 0.1) is 0 Å². The predicted molar refractivity (Wildman–Crippen MR) is 84.2 cm³/mol. The predicted octanol–water partition coefficient (Wildman–Crippen LogP) is 2.31. The molecule has 0 aromatic carbocycles. The molecule has 5 nitrogen and oxygen atoms in total. The van der Waals surface area contributed by atoms with Crippen LogP contribution in [0.3, 0.4) is 0 Å². The van der Waals surface area contributed by atoms with Crippen LogP contribution in [0.15, 0.2) is 12.4 Å². The Bertz CT molecular complexity index is 374. The van der Waals surface area contributed by atoms with Crippen LogP contribution in [0.5, 0.6) is 0 Å². The lowest BCUT2D eigenvalue weighted by Crippen LogP contribution is -2.34. The molecule has 0 radical (unpaired) electrons. The van der Waals surface area contributed by atoms with Gasteiger partial charge < -0.3 is 19.5 Å². The summed E-state index contributed by atoms with van der Waals surface area (Å²) in [6.07, 6.45) is 4.88. The molecule has 1 N–H and O–H groups in total. The minimum atomic E-state index is 0.214. The average Bonchev–Trinajstić information content (AvgIpc) is 2.78. The molecule has 0 aliphatic rings. The molecule has 1 rings (SSSR count). The monoisotopic (exact) mass is 282 g/mol. The van der Waals surface area contributed by atoms with Crippen molar-refractivity contribution in [3.63, 3.8) is 0 Å². The fraction of sp³-hybridized carbons (Fsp3) is 0.800. The van der Waals surface area contributed by atoms with Crippen LogP contribution < -0.4 is 5.32 Å². The molecule has 0 saturated carbocycles. The summed E-state index contributed by atoms with van der Waals surface area (Å²) in [5, 5.41) is 3.46. The Kier molecular flexibility index (Phi) is 7.02. The number of imidazole rings is 1. The van der Waals surface area contributed by atoms with Gasteiger partial charge in [-0.2, -0.15) is 0 Å². The first-order chi connectivity index (χ1) is 9.44. The highest BCUT2D eigenvalue weighted by Gasteiger charge is 2.19. The third-order valence-electron chi connectivity index (χ3n) is 3.08. The zero-order valence-electron chi connectivity index (χ0n) is 13.6. The van der Waals surface area contributed by atoms with E-state index in [1.54, 1.807) is 0 Å². The Morgan fingerprint density at radius 1 is 1.40 bits per heavy atom. The van der Waals surface area contributed by atoms with E-state index in [4.69, 9.17) is 4.74 Å². The van der Waals surface area contributed by atoms with Gasteiger partial charge in [0, 0.05) is 45.2 Å². The SMILES string of the molecule is CCOCCCn1ccnc1NCC(C)(C)CN(C)C. The third-order valence-corrected chi connectivity index (χ3v) is 3.08. The molecule has 0 unspecified atom stereocenters. The number of aryl methyl sites for hydroxylation is 1. The molecule has 0 aliphatic carbocycles. The molecule has 5 heteroatoms. The van der Waals surface area contributed by atoms with E-state index >= 15 is 0 Å². The molecule has 0 spiro atoms.